The van der Waals surface area contributed by atoms with Crippen molar-refractivity contribution in [2.75, 3.05) is 12.4 Å². The number of methoxy groups -OCH3 is 1. The molecule has 1 saturated heterocycles. The molecule has 1 fully saturated rings. The molecular weight excluding hydrogens is 384 g/mol. The second kappa shape index (κ2) is 8.00. The van der Waals surface area contributed by atoms with Crippen LogP contribution in [0, 0.1) is 17.6 Å². The Morgan fingerprint density at radius 3 is 2.55 bits per heavy atom. The molecule has 1 aromatic heterocycles. The number of benzene rings is 1. The van der Waals surface area contributed by atoms with Crippen molar-refractivity contribution in [1.29, 1.82) is 0 Å². The van der Waals surface area contributed by atoms with Crippen molar-refractivity contribution in [2.45, 2.75) is 45.0 Å². The fraction of sp³-hybridized carbons (Fsp3) is 0.450. The topological polar surface area (TPSA) is 93.6 Å². The Hall–Kier alpha value is -2.65. The maximum absolute atomic E-state index is 14.3. The zero-order valence-corrected chi connectivity index (χ0v) is 16.6. The van der Waals surface area contributed by atoms with Crippen LogP contribution < -0.4 is 10.1 Å². The van der Waals surface area contributed by atoms with E-state index in [1.165, 1.54) is 25.6 Å². The molecule has 7 nitrogen and oxygen atoms in total. The molecule has 2 N–H and O–H groups in total. The molecule has 156 valence electrons. The minimum atomic E-state index is -1.10. The molecule has 0 bridgehead atoms. The van der Waals surface area contributed by atoms with Gasteiger partial charge in [-0.1, -0.05) is 13.0 Å². The maximum Gasteiger partial charge on any atom is 0.254 e. The van der Waals surface area contributed by atoms with Gasteiger partial charge in [0, 0.05) is 11.5 Å². The van der Waals surface area contributed by atoms with Gasteiger partial charge in [0.05, 0.1) is 30.8 Å². The van der Waals surface area contributed by atoms with Crippen LogP contribution >= 0.6 is 0 Å². The number of nitrogens with zero attached hydrogens (tertiary/aromatic N) is 2. The third kappa shape index (κ3) is 3.92. The minimum Gasteiger partial charge on any atom is -0.493 e. The number of rotatable bonds is 5. The SMILES string of the molecule is COc1c([C@H]2[C@H](C(=O)Nc3cnc(CO)nc3)OC(C)(C)[C@H]2C)ccc(F)c1F. The molecule has 2 heterocycles. The van der Waals surface area contributed by atoms with E-state index in [-0.39, 0.29) is 24.1 Å². The van der Waals surface area contributed by atoms with Gasteiger partial charge in [0.2, 0.25) is 5.82 Å². The minimum absolute atomic E-state index is 0.204. The van der Waals surface area contributed by atoms with E-state index in [4.69, 9.17) is 14.6 Å². The van der Waals surface area contributed by atoms with E-state index < -0.39 is 35.2 Å². The maximum atomic E-state index is 14.3. The van der Waals surface area contributed by atoms with Gasteiger partial charge in [-0.25, -0.2) is 14.4 Å². The zero-order valence-electron chi connectivity index (χ0n) is 16.6. The molecule has 1 aromatic carbocycles. The van der Waals surface area contributed by atoms with Gasteiger partial charge in [0.25, 0.3) is 5.91 Å². The van der Waals surface area contributed by atoms with Gasteiger partial charge in [0.15, 0.2) is 17.4 Å². The molecule has 1 aliphatic rings. The highest BCUT2D eigenvalue weighted by molar-refractivity contribution is 5.95. The molecule has 9 heteroatoms. The van der Waals surface area contributed by atoms with Crippen LogP contribution in [0.4, 0.5) is 14.5 Å². The number of aliphatic hydroxyl groups is 1. The van der Waals surface area contributed by atoms with Gasteiger partial charge in [-0.3, -0.25) is 4.79 Å². The Labute approximate surface area is 167 Å². The highest BCUT2D eigenvalue weighted by Gasteiger charge is 2.51. The number of halogens is 2. The first-order valence-electron chi connectivity index (χ1n) is 9.12. The van der Waals surface area contributed by atoms with Crippen LogP contribution in [-0.2, 0) is 16.1 Å². The van der Waals surface area contributed by atoms with E-state index in [1.807, 2.05) is 20.8 Å². The summed E-state index contributed by atoms with van der Waals surface area (Å²) in [5.74, 6) is -3.40. The van der Waals surface area contributed by atoms with Gasteiger partial charge in [0.1, 0.15) is 12.7 Å². The molecule has 0 aliphatic carbocycles. The third-order valence-corrected chi connectivity index (χ3v) is 5.41. The lowest BCUT2D eigenvalue weighted by Gasteiger charge is -2.25. The van der Waals surface area contributed by atoms with E-state index in [1.54, 1.807) is 0 Å². The Balaban J connectivity index is 1.96. The quantitative estimate of drug-likeness (QED) is 0.792. The average Bonchev–Trinajstić information content (AvgIpc) is 2.94. The van der Waals surface area contributed by atoms with E-state index in [2.05, 4.69) is 15.3 Å². The second-order valence-corrected chi connectivity index (χ2v) is 7.48. The molecule has 2 aromatic rings. The molecule has 0 unspecified atom stereocenters. The predicted molar refractivity (Wildman–Crippen MR) is 100 cm³/mol. The number of anilines is 1. The number of aromatic nitrogens is 2. The lowest BCUT2D eigenvalue weighted by Crippen LogP contribution is -2.33. The summed E-state index contributed by atoms with van der Waals surface area (Å²) in [7, 11) is 1.25. The molecule has 3 rings (SSSR count). The highest BCUT2D eigenvalue weighted by Crippen LogP contribution is 2.49. The van der Waals surface area contributed by atoms with E-state index >= 15 is 0 Å². The van der Waals surface area contributed by atoms with Gasteiger partial charge in [-0.2, -0.15) is 4.39 Å². The summed E-state index contributed by atoms with van der Waals surface area (Å²) in [6, 6.07) is 2.43. The summed E-state index contributed by atoms with van der Waals surface area (Å²) in [5.41, 5.74) is -0.0135. The van der Waals surface area contributed by atoms with Gasteiger partial charge in [-0.05, 0) is 25.8 Å². The largest absolute Gasteiger partial charge is 0.493 e. The van der Waals surface area contributed by atoms with E-state index in [9.17, 15) is 13.6 Å². The van der Waals surface area contributed by atoms with Crippen molar-refractivity contribution >= 4 is 11.6 Å². The van der Waals surface area contributed by atoms with Gasteiger partial charge < -0.3 is 19.9 Å². The summed E-state index contributed by atoms with van der Waals surface area (Å²) >= 11 is 0. The molecule has 1 amide bonds. The van der Waals surface area contributed by atoms with Crippen LogP contribution in [0.15, 0.2) is 24.5 Å². The third-order valence-electron chi connectivity index (χ3n) is 5.41. The Bertz CT molecular complexity index is 905. The molecular formula is C20H23F2N3O4. The number of amides is 1. The number of carbonyl (C=O) groups is 1. The average molecular weight is 407 g/mol. The summed E-state index contributed by atoms with van der Waals surface area (Å²) < 4.78 is 39.1. The predicted octanol–water partition coefficient (Wildman–Crippen LogP) is 2.79. The molecule has 3 atom stereocenters. The van der Waals surface area contributed by atoms with Crippen molar-refractivity contribution in [2.24, 2.45) is 5.92 Å². The molecule has 0 radical (unpaired) electrons. The lowest BCUT2D eigenvalue weighted by atomic mass is 9.78. The first-order valence-corrected chi connectivity index (χ1v) is 9.12. The van der Waals surface area contributed by atoms with Crippen LogP contribution in [-0.4, -0.2) is 39.8 Å². The first-order chi connectivity index (χ1) is 13.7. The van der Waals surface area contributed by atoms with Crippen LogP contribution in [0.5, 0.6) is 5.75 Å². The molecule has 29 heavy (non-hydrogen) atoms. The smallest absolute Gasteiger partial charge is 0.254 e. The fourth-order valence-corrected chi connectivity index (χ4v) is 3.58. The highest BCUT2D eigenvalue weighted by atomic mass is 19.2. The number of aliphatic hydroxyl groups excluding tert-OH is 1. The number of nitrogens with one attached hydrogen (secondary N) is 1. The standard InChI is InChI=1S/C20H23F2N3O4/c1-10-15(12-5-6-13(21)16(22)17(12)28-4)18(29-20(10,2)3)19(27)25-11-7-23-14(9-26)24-8-11/h5-8,10,15,18,26H,9H2,1-4H3,(H,25,27)/t10-,15-,18+/m0/s1. The summed E-state index contributed by atoms with van der Waals surface area (Å²) in [5, 5.41) is 11.7. The summed E-state index contributed by atoms with van der Waals surface area (Å²) in [6.07, 6.45) is 1.76. The Morgan fingerprint density at radius 2 is 1.97 bits per heavy atom. The van der Waals surface area contributed by atoms with Crippen molar-refractivity contribution in [3.05, 3.63) is 47.5 Å². The Morgan fingerprint density at radius 1 is 1.31 bits per heavy atom. The van der Waals surface area contributed by atoms with Crippen molar-refractivity contribution < 1.29 is 28.2 Å². The molecule has 1 aliphatic heterocycles. The zero-order chi connectivity index (χ0) is 21.3. The number of carbonyl (C=O) groups excluding carboxylic acids is 1. The van der Waals surface area contributed by atoms with Crippen molar-refractivity contribution in [3.63, 3.8) is 0 Å². The first kappa shape index (κ1) is 21.1. The Kier molecular flexibility index (Phi) is 5.81. The fourth-order valence-electron chi connectivity index (χ4n) is 3.58. The normalized spacial score (nSPS) is 23.1. The van der Waals surface area contributed by atoms with Crippen LogP contribution in [0.3, 0.4) is 0 Å². The van der Waals surface area contributed by atoms with Gasteiger partial charge in [-0.15, -0.1) is 0 Å². The lowest BCUT2D eigenvalue weighted by molar-refractivity contribution is -0.131. The van der Waals surface area contributed by atoms with Crippen LogP contribution in [0.2, 0.25) is 0 Å². The second-order valence-electron chi connectivity index (χ2n) is 7.48. The summed E-state index contributed by atoms with van der Waals surface area (Å²) in [4.78, 5) is 20.8. The van der Waals surface area contributed by atoms with Gasteiger partial charge >= 0.3 is 0 Å². The van der Waals surface area contributed by atoms with E-state index in [0.717, 1.165) is 6.07 Å². The molecule has 0 spiro atoms. The number of hydrogen-bond donors (Lipinski definition) is 2. The number of hydrogen-bond acceptors (Lipinski definition) is 6. The summed E-state index contributed by atoms with van der Waals surface area (Å²) in [6.45, 7) is 5.24. The van der Waals surface area contributed by atoms with Crippen LogP contribution in [0.1, 0.15) is 38.1 Å². The van der Waals surface area contributed by atoms with Crippen molar-refractivity contribution in [1.82, 2.24) is 9.97 Å². The molecule has 0 saturated carbocycles. The van der Waals surface area contributed by atoms with E-state index in [0.29, 0.717) is 11.3 Å². The monoisotopic (exact) mass is 407 g/mol. The number of ether oxygens (including phenoxy) is 2. The van der Waals surface area contributed by atoms with Crippen LogP contribution in [0.25, 0.3) is 0 Å². The van der Waals surface area contributed by atoms with Crippen molar-refractivity contribution in [3.8, 4) is 5.75 Å².